The van der Waals surface area contributed by atoms with Crippen LogP contribution in [0.5, 0.6) is 0 Å². The third-order valence-corrected chi connectivity index (χ3v) is 4.79. The molecule has 9 heteroatoms. The van der Waals surface area contributed by atoms with Gasteiger partial charge in [-0.1, -0.05) is 25.1 Å². The first kappa shape index (κ1) is 24.9. The zero-order valence-electron chi connectivity index (χ0n) is 19.1. The van der Waals surface area contributed by atoms with Gasteiger partial charge in [-0.2, -0.15) is 0 Å². The van der Waals surface area contributed by atoms with Gasteiger partial charge in [0.1, 0.15) is 18.2 Å². The number of hydrogen-bond acceptors (Lipinski definition) is 5. The predicted molar refractivity (Wildman–Crippen MR) is 119 cm³/mol. The highest BCUT2D eigenvalue weighted by Gasteiger charge is 2.27. The maximum Gasteiger partial charge on any atom is 0.322 e. The number of fused-ring (bicyclic) bond motifs is 1. The van der Waals surface area contributed by atoms with E-state index in [1.54, 1.807) is 27.7 Å². The number of carboxylic acids is 1. The Balaban J connectivity index is 2.17. The number of para-hydroxylation sites is 1. The maximum atomic E-state index is 12.7. The average Bonchev–Trinajstić information content (AvgIpc) is 2.99. The van der Waals surface area contributed by atoms with E-state index in [1.165, 1.54) is 0 Å². The molecule has 3 N–H and O–H groups in total. The van der Waals surface area contributed by atoms with Crippen LogP contribution in [0.1, 0.15) is 39.7 Å². The SMILES string of the molecule is C[C@@H](CC(=O)OC(C)(C)C)C(=O)N[C@@H](Cc1cn(C)c2ccccc12)C(=O)NCC(=O)O. The third-order valence-electron chi connectivity index (χ3n) is 4.79. The van der Waals surface area contributed by atoms with Crippen LogP contribution in [0.4, 0.5) is 0 Å². The molecule has 32 heavy (non-hydrogen) atoms. The Morgan fingerprint density at radius 3 is 2.41 bits per heavy atom. The summed E-state index contributed by atoms with van der Waals surface area (Å²) >= 11 is 0. The number of amides is 2. The zero-order chi connectivity index (χ0) is 24.1. The normalized spacial score (nSPS) is 13.3. The van der Waals surface area contributed by atoms with E-state index in [2.05, 4.69) is 10.6 Å². The molecule has 2 atom stereocenters. The number of carboxylic acid groups (broad SMARTS) is 1. The van der Waals surface area contributed by atoms with E-state index in [4.69, 9.17) is 9.84 Å². The Hall–Kier alpha value is -3.36. The number of esters is 1. The van der Waals surface area contributed by atoms with Crippen molar-refractivity contribution in [2.24, 2.45) is 13.0 Å². The molecule has 0 aliphatic heterocycles. The van der Waals surface area contributed by atoms with E-state index < -0.39 is 47.9 Å². The van der Waals surface area contributed by atoms with E-state index in [1.807, 2.05) is 42.1 Å². The molecule has 2 rings (SSSR count). The molecule has 2 aromatic rings. The monoisotopic (exact) mass is 445 g/mol. The topological polar surface area (TPSA) is 127 Å². The number of ether oxygens (including phenoxy) is 1. The average molecular weight is 446 g/mol. The van der Waals surface area contributed by atoms with Gasteiger partial charge in [-0.15, -0.1) is 0 Å². The number of benzene rings is 1. The van der Waals surface area contributed by atoms with Crippen molar-refractivity contribution in [3.05, 3.63) is 36.0 Å². The second-order valence-electron chi connectivity index (χ2n) is 8.85. The molecular weight excluding hydrogens is 414 g/mol. The predicted octanol–water partition coefficient (Wildman–Crippen LogP) is 1.77. The lowest BCUT2D eigenvalue weighted by Crippen LogP contribution is -2.50. The highest BCUT2D eigenvalue weighted by Crippen LogP contribution is 2.22. The number of aryl methyl sites for hydroxylation is 1. The number of hydrogen-bond donors (Lipinski definition) is 3. The molecule has 0 aliphatic carbocycles. The summed E-state index contributed by atoms with van der Waals surface area (Å²) in [6.07, 6.45) is 1.90. The Labute approximate surface area is 187 Å². The van der Waals surface area contributed by atoms with Gasteiger partial charge in [-0.25, -0.2) is 0 Å². The van der Waals surface area contributed by atoms with Crippen LogP contribution in [0.25, 0.3) is 10.9 Å². The number of rotatable bonds is 9. The first-order valence-electron chi connectivity index (χ1n) is 10.4. The summed E-state index contributed by atoms with van der Waals surface area (Å²) in [6, 6.07) is 6.65. The van der Waals surface area contributed by atoms with Crippen LogP contribution in [0.3, 0.4) is 0 Å². The van der Waals surface area contributed by atoms with Crippen LogP contribution >= 0.6 is 0 Å². The van der Waals surface area contributed by atoms with Crippen LogP contribution in [0.15, 0.2) is 30.5 Å². The van der Waals surface area contributed by atoms with Gasteiger partial charge >= 0.3 is 11.9 Å². The first-order valence-corrected chi connectivity index (χ1v) is 10.4. The Morgan fingerprint density at radius 2 is 1.78 bits per heavy atom. The molecule has 0 bridgehead atoms. The molecule has 9 nitrogen and oxygen atoms in total. The standard InChI is InChI=1S/C23H31N3O6/c1-14(10-20(29)32-23(2,3)4)21(30)25-17(22(31)24-12-19(27)28)11-15-13-26(5)18-9-7-6-8-16(15)18/h6-9,13-14,17H,10-12H2,1-5H3,(H,24,31)(H,25,30)(H,27,28)/t14-,17-/m0/s1. The van der Waals surface area contributed by atoms with Crippen molar-refractivity contribution in [2.75, 3.05) is 6.54 Å². The summed E-state index contributed by atoms with van der Waals surface area (Å²) < 4.78 is 7.18. The minimum absolute atomic E-state index is 0.138. The summed E-state index contributed by atoms with van der Waals surface area (Å²) in [5, 5.41) is 14.8. The molecule has 2 amide bonds. The molecule has 0 radical (unpaired) electrons. The first-order chi connectivity index (χ1) is 14.9. The molecule has 1 aromatic carbocycles. The fourth-order valence-corrected chi connectivity index (χ4v) is 3.34. The molecule has 0 unspecified atom stereocenters. The summed E-state index contributed by atoms with van der Waals surface area (Å²) in [5.41, 5.74) is 1.14. The van der Waals surface area contributed by atoms with Crippen LogP contribution < -0.4 is 10.6 Å². The van der Waals surface area contributed by atoms with Crippen molar-refractivity contribution >= 4 is 34.7 Å². The van der Waals surface area contributed by atoms with E-state index >= 15 is 0 Å². The molecule has 174 valence electrons. The fourth-order valence-electron chi connectivity index (χ4n) is 3.34. The number of aromatic nitrogens is 1. The number of carbonyl (C=O) groups excluding carboxylic acids is 3. The fraction of sp³-hybridized carbons (Fsp3) is 0.478. The van der Waals surface area contributed by atoms with Gasteiger partial charge in [0.15, 0.2) is 0 Å². The van der Waals surface area contributed by atoms with Crippen LogP contribution in [-0.4, -0.2) is 51.6 Å². The van der Waals surface area contributed by atoms with Gasteiger partial charge in [-0.05, 0) is 32.4 Å². The van der Waals surface area contributed by atoms with Crippen molar-refractivity contribution in [1.82, 2.24) is 15.2 Å². The molecule has 0 saturated heterocycles. The highest BCUT2D eigenvalue weighted by molar-refractivity contribution is 5.92. The van der Waals surface area contributed by atoms with E-state index in [9.17, 15) is 19.2 Å². The highest BCUT2D eigenvalue weighted by atomic mass is 16.6. The van der Waals surface area contributed by atoms with Gasteiger partial charge < -0.3 is 25.0 Å². The second-order valence-corrected chi connectivity index (χ2v) is 8.85. The van der Waals surface area contributed by atoms with Gasteiger partial charge in [0.2, 0.25) is 11.8 Å². The molecule has 1 aromatic heterocycles. The summed E-state index contributed by atoms with van der Waals surface area (Å²) in [5.74, 6) is -3.54. The number of nitrogens with zero attached hydrogens (tertiary/aromatic N) is 1. The Kier molecular flexibility index (Phi) is 8.02. The molecular formula is C23H31N3O6. The number of aliphatic carboxylic acids is 1. The maximum absolute atomic E-state index is 12.7. The van der Waals surface area contributed by atoms with Crippen LogP contribution in [-0.2, 0) is 37.4 Å². The lowest BCUT2D eigenvalue weighted by Gasteiger charge is -2.22. The van der Waals surface area contributed by atoms with Crippen LogP contribution in [0.2, 0.25) is 0 Å². The summed E-state index contributed by atoms with van der Waals surface area (Å²) in [6.45, 7) is 6.23. The minimum atomic E-state index is -1.19. The lowest BCUT2D eigenvalue weighted by atomic mass is 10.0. The smallest absolute Gasteiger partial charge is 0.322 e. The van der Waals surface area contributed by atoms with Crippen molar-refractivity contribution < 1.29 is 29.0 Å². The molecule has 0 fully saturated rings. The third kappa shape index (κ3) is 7.11. The quantitative estimate of drug-likeness (QED) is 0.505. The van der Waals surface area contributed by atoms with Gasteiger partial charge in [0, 0.05) is 36.5 Å². The summed E-state index contributed by atoms with van der Waals surface area (Å²) in [4.78, 5) is 48.3. The van der Waals surface area contributed by atoms with E-state index in [-0.39, 0.29) is 12.8 Å². The van der Waals surface area contributed by atoms with Gasteiger partial charge in [0.25, 0.3) is 0 Å². The largest absolute Gasteiger partial charge is 0.480 e. The van der Waals surface area contributed by atoms with Crippen molar-refractivity contribution in [3.8, 4) is 0 Å². The van der Waals surface area contributed by atoms with E-state index in [0.29, 0.717) is 0 Å². The second kappa shape index (κ2) is 10.3. The van der Waals surface area contributed by atoms with Gasteiger partial charge in [-0.3, -0.25) is 19.2 Å². The molecule has 0 aliphatic rings. The van der Waals surface area contributed by atoms with Crippen molar-refractivity contribution in [2.45, 2.75) is 52.2 Å². The minimum Gasteiger partial charge on any atom is -0.480 e. The van der Waals surface area contributed by atoms with Crippen LogP contribution in [0, 0.1) is 5.92 Å². The Morgan fingerprint density at radius 1 is 1.12 bits per heavy atom. The van der Waals surface area contributed by atoms with Gasteiger partial charge in [0.05, 0.1) is 6.42 Å². The van der Waals surface area contributed by atoms with E-state index in [0.717, 1.165) is 16.5 Å². The number of carbonyl (C=O) groups is 4. The van der Waals surface area contributed by atoms with Crippen molar-refractivity contribution in [3.63, 3.8) is 0 Å². The zero-order valence-corrected chi connectivity index (χ0v) is 19.1. The Bertz CT molecular complexity index is 1000. The molecule has 1 heterocycles. The summed E-state index contributed by atoms with van der Waals surface area (Å²) in [7, 11) is 1.88. The van der Waals surface area contributed by atoms with Crippen molar-refractivity contribution in [1.29, 1.82) is 0 Å². The number of nitrogens with one attached hydrogen (secondary N) is 2. The molecule has 0 saturated carbocycles. The lowest BCUT2D eigenvalue weighted by molar-refractivity contribution is -0.157. The molecule has 0 spiro atoms.